The average molecular weight is 981 g/mol. The van der Waals surface area contributed by atoms with E-state index in [1.165, 1.54) is 10.6 Å². The van der Waals surface area contributed by atoms with Crippen LogP contribution in [0.3, 0.4) is 0 Å². The standard InChI is InChI=1S/C15H28N2O2.C14H28N2O3S.C13H25NO2.6C2H6/c1-12(18)16(5)13-10-15(19-11-13)6-8-17(9-7-15)14(2,3)4;1-13(2,3)16-8-6-14(7-9-16)10-12(11-19-14)15(4)20(5,17)18;1-12(2,3)14-7-5-13(6-8-14)9-11(15-4)10-16-13;6*1-2/h13H,6-11H2,1-5H3;12H,6-11H2,1-5H3;11H,5-10H2,1-4H3;6*1-2H3. The van der Waals surface area contributed by atoms with E-state index in [0.717, 1.165) is 104 Å². The molecule has 406 valence electrons. The Bertz CT molecular complexity index is 1350. The summed E-state index contributed by atoms with van der Waals surface area (Å²) < 4.78 is 48.3. The van der Waals surface area contributed by atoms with Crippen molar-refractivity contribution in [1.82, 2.24) is 23.9 Å². The number of rotatable bonds is 4. The Labute approximate surface area is 418 Å². The number of piperidine rings is 3. The summed E-state index contributed by atoms with van der Waals surface area (Å²) in [6, 6.07) is 0.255. The highest BCUT2D eigenvalue weighted by Crippen LogP contribution is 2.41. The monoisotopic (exact) mass is 980 g/mol. The molecule has 1 amide bonds. The van der Waals surface area contributed by atoms with Crippen LogP contribution in [0.5, 0.6) is 0 Å². The molecule has 6 aliphatic heterocycles. The number of carbonyl (C=O) groups is 1. The molecule has 0 aromatic rings. The number of likely N-dealkylation sites (N-methyl/N-ethyl adjacent to an activating group) is 2. The minimum absolute atomic E-state index is 0.00816. The first kappa shape index (κ1) is 70.4. The fraction of sp³-hybridized carbons (Fsp3) is 0.981. The van der Waals surface area contributed by atoms with E-state index in [1.54, 1.807) is 21.1 Å². The highest BCUT2D eigenvalue weighted by molar-refractivity contribution is 7.88. The Hall–Kier alpha value is -0.900. The quantitative estimate of drug-likeness (QED) is 0.270. The normalized spacial score (nSPS) is 24.3. The molecule has 0 aromatic heterocycles. The SMILES string of the molecule is CC.CC.CC.CC.CC.CC.CC(=O)N(C)C1COC2(CCN(C(C)(C)C)CC2)C1.CN(C1COC2(CCN(C(C)(C)C)CC2)C1)S(C)(=O)=O.COC1COC2(CCN(C(C)(C)C)CC2)C1. The van der Waals surface area contributed by atoms with Crippen molar-refractivity contribution in [1.29, 1.82) is 0 Å². The lowest BCUT2D eigenvalue weighted by molar-refractivity contribution is -0.129. The topological polar surface area (TPSA) is 104 Å². The Morgan fingerprint density at radius 1 is 0.522 bits per heavy atom. The van der Waals surface area contributed by atoms with E-state index in [1.807, 2.05) is 95.0 Å². The van der Waals surface area contributed by atoms with Gasteiger partial charge < -0.3 is 23.8 Å². The Morgan fingerprint density at radius 3 is 1.04 bits per heavy atom. The van der Waals surface area contributed by atoms with E-state index in [4.69, 9.17) is 18.9 Å². The Kier molecular flexibility index (Phi) is 34.6. The molecule has 3 atom stereocenters. The van der Waals surface area contributed by atoms with Crippen molar-refractivity contribution in [2.24, 2.45) is 0 Å². The van der Waals surface area contributed by atoms with Crippen molar-refractivity contribution in [3.05, 3.63) is 0 Å². The molecule has 6 aliphatic rings. The first-order valence-electron chi connectivity index (χ1n) is 27.1. The molecule has 0 bridgehead atoms. The second-order valence-electron chi connectivity index (χ2n) is 20.6. The van der Waals surface area contributed by atoms with E-state index < -0.39 is 10.0 Å². The number of ether oxygens (including phenoxy) is 4. The highest BCUT2D eigenvalue weighted by atomic mass is 32.2. The summed E-state index contributed by atoms with van der Waals surface area (Å²) in [4.78, 5) is 20.9. The van der Waals surface area contributed by atoms with Crippen molar-refractivity contribution in [3.63, 3.8) is 0 Å². The Balaban J connectivity index is -0.000000825. The van der Waals surface area contributed by atoms with Crippen LogP contribution in [-0.4, -0.2) is 176 Å². The van der Waals surface area contributed by atoms with E-state index in [2.05, 4.69) is 77.0 Å². The van der Waals surface area contributed by atoms with Crippen molar-refractivity contribution >= 4 is 15.9 Å². The molecule has 0 N–H and O–H groups in total. The van der Waals surface area contributed by atoms with Gasteiger partial charge >= 0.3 is 0 Å². The van der Waals surface area contributed by atoms with Crippen molar-refractivity contribution in [2.75, 3.05) is 86.6 Å². The van der Waals surface area contributed by atoms with Crippen molar-refractivity contribution in [2.45, 2.75) is 262 Å². The van der Waals surface area contributed by atoms with Gasteiger partial charge in [0.1, 0.15) is 0 Å². The largest absolute Gasteiger partial charge is 0.379 e. The van der Waals surface area contributed by atoms with Gasteiger partial charge in [0.25, 0.3) is 0 Å². The van der Waals surface area contributed by atoms with Crippen molar-refractivity contribution in [3.8, 4) is 0 Å². The second kappa shape index (κ2) is 32.9. The zero-order valence-corrected chi connectivity index (χ0v) is 50.3. The number of hydrogen-bond donors (Lipinski definition) is 0. The first-order valence-corrected chi connectivity index (χ1v) is 28.9. The average Bonchev–Trinajstić information content (AvgIpc) is 4.04. The number of sulfonamides is 1. The molecule has 0 radical (unpaired) electrons. The molecule has 6 fully saturated rings. The molecule has 0 aliphatic carbocycles. The predicted octanol–water partition coefficient (Wildman–Crippen LogP) is 11.4. The number of nitrogens with zero attached hydrogens (tertiary/aromatic N) is 5. The third-order valence-corrected chi connectivity index (χ3v) is 15.2. The van der Waals surface area contributed by atoms with Gasteiger partial charge in [-0.25, -0.2) is 8.42 Å². The van der Waals surface area contributed by atoms with Crippen LogP contribution >= 0.6 is 0 Å². The van der Waals surface area contributed by atoms with Crippen LogP contribution in [0.15, 0.2) is 0 Å². The van der Waals surface area contributed by atoms with Crippen molar-refractivity contribution < 1.29 is 32.2 Å². The number of likely N-dealkylation sites (tertiary alicyclic amines) is 3. The lowest BCUT2D eigenvalue weighted by Gasteiger charge is -2.44. The summed E-state index contributed by atoms with van der Waals surface area (Å²) in [5.74, 6) is 0.137. The van der Waals surface area contributed by atoms with Gasteiger partial charge in [0.05, 0.1) is 61.1 Å². The smallest absolute Gasteiger partial charge is 0.219 e. The number of hydrogen-bond acceptors (Lipinski definition) is 10. The first-order chi connectivity index (χ1) is 31.2. The summed E-state index contributed by atoms with van der Waals surface area (Å²) in [5, 5.41) is 0. The number of amides is 1. The molecule has 6 heterocycles. The minimum atomic E-state index is -3.13. The van der Waals surface area contributed by atoms with E-state index >= 15 is 0 Å². The third kappa shape index (κ3) is 23.0. The van der Waals surface area contributed by atoms with Gasteiger partial charge in [-0.2, -0.15) is 4.31 Å². The van der Waals surface area contributed by atoms with Crippen LogP contribution in [0.2, 0.25) is 0 Å². The van der Waals surface area contributed by atoms with Crippen LogP contribution in [0.25, 0.3) is 0 Å². The van der Waals surface area contributed by atoms with Gasteiger partial charge in [0.15, 0.2) is 0 Å². The van der Waals surface area contributed by atoms with Gasteiger partial charge in [-0.3, -0.25) is 19.5 Å². The summed E-state index contributed by atoms with van der Waals surface area (Å²) >= 11 is 0. The maximum Gasteiger partial charge on any atom is 0.219 e. The van der Waals surface area contributed by atoms with Crippen LogP contribution < -0.4 is 0 Å². The molecule has 0 aromatic carbocycles. The van der Waals surface area contributed by atoms with Gasteiger partial charge in [0.2, 0.25) is 15.9 Å². The molecule has 3 unspecified atom stereocenters. The maximum atomic E-state index is 11.6. The van der Waals surface area contributed by atoms with Gasteiger partial charge in [-0.15, -0.1) is 0 Å². The molecule has 0 saturated carbocycles. The van der Waals surface area contributed by atoms with Crippen LogP contribution in [0.4, 0.5) is 0 Å². The van der Waals surface area contributed by atoms with Gasteiger partial charge in [-0.05, 0) is 114 Å². The molecule has 6 saturated heterocycles. The fourth-order valence-electron chi connectivity index (χ4n) is 9.41. The van der Waals surface area contributed by atoms with E-state index in [9.17, 15) is 13.2 Å². The zero-order valence-electron chi connectivity index (χ0n) is 49.5. The molecular formula is C54H117N5O7S. The molecule has 13 heteroatoms. The van der Waals surface area contributed by atoms with Crippen LogP contribution in [0.1, 0.15) is 210 Å². The van der Waals surface area contributed by atoms with Gasteiger partial charge in [-0.1, -0.05) is 83.1 Å². The molecular weight excluding hydrogens is 863 g/mol. The molecule has 12 nitrogen and oxygen atoms in total. The summed E-state index contributed by atoms with van der Waals surface area (Å²) in [7, 11) is 2.20. The van der Waals surface area contributed by atoms with Crippen LogP contribution in [-0.2, 0) is 33.8 Å². The summed E-state index contributed by atoms with van der Waals surface area (Å²) in [5.41, 5.74) is 0.781. The lowest BCUT2D eigenvalue weighted by atomic mass is 9.85. The Morgan fingerprint density at radius 2 is 0.791 bits per heavy atom. The minimum Gasteiger partial charge on any atom is -0.379 e. The highest BCUT2D eigenvalue weighted by Gasteiger charge is 2.48. The zero-order chi connectivity index (χ0) is 53.3. The third-order valence-electron chi connectivity index (χ3n) is 13.8. The molecule has 6 rings (SSSR count). The summed E-state index contributed by atoms with van der Waals surface area (Å²) in [6.45, 7) is 54.6. The van der Waals surface area contributed by atoms with Gasteiger partial charge in [0, 0.05) is 90.4 Å². The molecule has 67 heavy (non-hydrogen) atoms. The second-order valence-corrected chi connectivity index (χ2v) is 22.7. The van der Waals surface area contributed by atoms with E-state index in [0.29, 0.717) is 24.9 Å². The predicted molar refractivity (Wildman–Crippen MR) is 289 cm³/mol. The summed E-state index contributed by atoms with van der Waals surface area (Å²) in [6.07, 6.45) is 11.0. The maximum absolute atomic E-state index is 11.6. The fourth-order valence-corrected chi connectivity index (χ4v) is 10.1. The molecule has 3 spiro atoms. The lowest BCUT2D eigenvalue weighted by Crippen LogP contribution is -2.51. The van der Waals surface area contributed by atoms with E-state index in [-0.39, 0.29) is 45.9 Å². The number of carbonyl (C=O) groups excluding carboxylic acids is 1. The number of methoxy groups -OCH3 is 1. The van der Waals surface area contributed by atoms with Crippen LogP contribution in [0, 0.1) is 0 Å².